The Balaban J connectivity index is 1.45. The van der Waals surface area contributed by atoms with Gasteiger partial charge < -0.3 is 14.2 Å². The number of carbonyl (C=O) groups is 1. The summed E-state index contributed by atoms with van der Waals surface area (Å²) in [5, 5.41) is 0. The van der Waals surface area contributed by atoms with Crippen molar-refractivity contribution in [2.24, 2.45) is 5.92 Å². The number of aromatic nitrogens is 2. The maximum absolute atomic E-state index is 12.6. The molecule has 4 rings (SSSR count). The molecule has 1 saturated carbocycles. The zero-order valence-electron chi connectivity index (χ0n) is 13.8. The van der Waals surface area contributed by atoms with Crippen molar-refractivity contribution in [3.8, 4) is 0 Å². The number of ether oxygens (including phenoxy) is 1. The second kappa shape index (κ2) is 6.77. The summed E-state index contributed by atoms with van der Waals surface area (Å²) in [7, 11) is 0. The van der Waals surface area contributed by atoms with E-state index in [0.29, 0.717) is 32.0 Å². The molecule has 1 aliphatic carbocycles. The van der Waals surface area contributed by atoms with Crippen molar-refractivity contribution in [3.05, 3.63) is 54.1 Å². The Hall–Kier alpha value is -2.14. The van der Waals surface area contributed by atoms with E-state index >= 15 is 0 Å². The molecule has 3 heterocycles. The van der Waals surface area contributed by atoms with Gasteiger partial charge in [0.15, 0.2) is 0 Å². The Morgan fingerprint density at radius 1 is 1.21 bits per heavy atom. The fraction of sp³-hybridized carbons (Fsp3) is 0.474. The van der Waals surface area contributed by atoms with Gasteiger partial charge in [-0.2, -0.15) is 0 Å². The first-order chi connectivity index (χ1) is 11.8. The standard InChI is InChI=1S/C19H23N3O2/c23-19(10-15-6-7-15)22-11-17-5-3-9-21(17)12-18(13-22)24-14-16-4-1-2-8-20-16/h1-5,8-9,15,18H,6-7,10-14H2. The second-order valence-corrected chi connectivity index (χ2v) is 6.83. The van der Waals surface area contributed by atoms with Crippen molar-refractivity contribution in [2.75, 3.05) is 6.54 Å². The van der Waals surface area contributed by atoms with Crippen LogP contribution in [0.2, 0.25) is 0 Å². The van der Waals surface area contributed by atoms with Crippen LogP contribution in [0, 0.1) is 5.92 Å². The van der Waals surface area contributed by atoms with E-state index in [1.54, 1.807) is 6.20 Å². The SMILES string of the molecule is O=C(CC1CC1)N1Cc2cccn2CC(OCc2ccccn2)C1. The molecule has 0 radical (unpaired) electrons. The average molecular weight is 325 g/mol. The lowest BCUT2D eigenvalue weighted by molar-refractivity contribution is -0.134. The minimum Gasteiger partial charge on any atom is -0.368 e. The van der Waals surface area contributed by atoms with Crippen molar-refractivity contribution >= 4 is 5.91 Å². The van der Waals surface area contributed by atoms with Crippen LogP contribution in [-0.4, -0.2) is 33.0 Å². The lowest BCUT2D eigenvalue weighted by Gasteiger charge is -2.24. The zero-order chi connectivity index (χ0) is 16.4. The summed E-state index contributed by atoms with van der Waals surface area (Å²) in [5.41, 5.74) is 2.11. The Bertz CT molecular complexity index is 694. The molecule has 1 aliphatic heterocycles. The van der Waals surface area contributed by atoms with E-state index in [-0.39, 0.29) is 12.0 Å². The van der Waals surface area contributed by atoms with Gasteiger partial charge in [0.25, 0.3) is 0 Å². The first kappa shape index (κ1) is 15.4. The molecule has 1 amide bonds. The number of hydrogen-bond donors (Lipinski definition) is 0. The van der Waals surface area contributed by atoms with Crippen LogP contribution in [-0.2, 0) is 29.2 Å². The number of pyridine rings is 1. The molecule has 126 valence electrons. The summed E-state index contributed by atoms with van der Waals surface area (Å²) in [6, 6.07) is 9.97. The third-order valence-corrected chi connectivity index (χ3v) is 4.81. The van der Waals surface area contributed by atoms with Gasteiger partial charge in [0.2, 0.25) is 5.91 Å². The minimum atomic E-state index is -0.0104. The molecule has 2 aliphatic rings. The normalized spacial score (nSPS) is 20.5. The molecule has 5 heteroatoms. The summed E-state index contributed by atoms with van der Waals surface area (Å²) in [6.07, 6.45) is 6.94. The van der Waals surface area contributed by atoms with Crippen molar-refractivity contribution < 1.29 is 9.53 Å². The smallest absolute Gasteiger partial charge is 0.223 e. The molecular weight excluding hydrogens is 302 g/mol. The average Bonchev–Trinajstić information content (AvgIpc) is 3.35. The van der Waals surface area contributed by atoms with Crippen LogP contribution < -0.4 is 0 Å². The minimum absolute atomic E-state index is 0.0104. The molecule has 0 bridgehead atoms. The molecule has 0 spiro atoms. The molecule has 0 aromatic carbocycles. The van der Waals surface area contributed by atoms with E-state index in [4.69, 9.17) is 4.74 Å². The van der Waals surface area contributed by atoms with E-state index < -0.39 is 0 Å². The summed E-state index contributed by atoms with van der Waals surface area (Å²) in [5.74, 6) is 0.874. The van der Waals surface area contributed by atoms with E-state index in [1.165, 1.54) is 18.5 Å². The quantitative estimate of drug-likeness (QED) is 0.849. The van der Waals surface area contributed by atoms with E-state index in [9.17, 15) is 4.79 Å². The number of fused-ring (bicyclic) bond motifs is 1. The third-order valence-electron chi connectivity index (χ3n) is 4.81. The van der Waals surface area contributed by atoms with Crippen molar-refractivity contribution in [1.29, 1.82) is 0 Å². The third kappa shape index (κ3) is 3.67. The Morgan fingerprint density at radius 2 is 2.12 bits per heavy atom. The fourth-order valence-corrected chi connectivity index (χ4v) is 3.23. The first-order valence-electron chi connectivity index (χ1n) is 8.71. The highest BCUT2D eigenvalue weighted by atomic mass is 16.5. The molecule has 1 fully saturated rings. The molecule has 0 saturated heterocycles. The monoisotopic (exact) mass is 325 g/mol. The maximum atomic E-state index is 12.6. The fourth-order valence-electron chi connectivity index (χ4n) is 3.23. The van der Waals surface area contributed by atoms with Gasteiger partial charge in [-0.3, -0.25) is 9.78 Å². The van der Waals surface area contributed by atoms with Gasteiger partial charge in [-0.15, -0.1) is 0 Å². The van der Waals surface area contributed by atoms with Crippen LogP contribution in [0.1, 0.15) is 30.7 Å². The second-order valence-electron chi connectivity index (χ2n) is 6.83. The lowest BCUT2D eigenvalue weighted by Crippen LogP contribution is -2.37. The van der Waals surface area contributed by atoms with Gasteiger partial charge in [0.1, 0.15) is 0 Å². The maximum Gasteiger partial charge on any atom is 0.223 e. The summed E-state index contributed by atoms with van der Waals surface area (Å²) < 4.78 is 8.30. The van der Waals surface area contributed by atoms with Crippen LogP contribution in [0.5, 0.6) is 0 Å². The number of nitrogens with zero attached hydrogens (tertiary/aromatic N) is 3. The van der Waals surface area contributed by atoms with Gasteiger partial charge in [0, 0.05) is 31.1 Å². The van der Waals surface area contributed by atoms with Gasteiger partial charge in [-0.1, -0.05) is 6.07 Å². The highest BCUT2D eigenvalue weighted by Gasteiger charge is 2.30. The van der Waals surface area contributed by atoms with E-state index in [0.717, 1.165) is 12.2 Å². The highest BCUT2D eigenvalue weighted by Crippen LogP contribution is 2.33. The molecule has 1 atom stereocenters. The van der Waals surface area contributed by atoms with Crippen LogP contribution in [0.4, 0.5) is 0 Å². The van der Waals surface area contributed by atoms with Crippen molar-refractivity contribution in [2.45, 2.75) is 45.1 Å². The summed E-state index contributed by atoms with van der Waals surface area (Å²) >= 11 is 0. The Labute approximate surface area is 142 Å². The molecule has 1 unspecified atom stereocenters. The number of rotatable bonds is 5. The molecule has 2 aromatic heterocycles. The van der Waals surface area contributed by atoms with Crippen LogP contribution >= 0.6 is 0 Å². The molecule has 0 N–H and O–H groups in total. The predicted molar refractivity (Wildman–Crippen MR) is 90.0 cm³/mol. The molecule has 24 heavy (non-hydrogen) atoms. The predicted octanol–water partition coefficient (Wildman–Crippen LogP) is 2.61. The highest BCUT2D eigenvalue weighted by molar-refractivity contribution is 5.76. The van der Waals surface area contributed by atoms with Crippen LogP contribution in [0.3, 0.4) is 0 Å². The Kier molecular flexibility index (Phi) is 4.34. The summed E-state index contributed by atoms with van der Waals surface area (Å²) in [4.78, 5) is 18.9. The van der Waals surface area contributed by atoms with Crippen LogP contribution in [0.25, 0.3) is 0 Å². The van der Waals surface area contributed by atoms with Crippen molar-refractivity contribution in [1.82, 2.24) is 14.5 Å². The number of amides is 1. The van der Waals surface area contributed by atoms with Crippen LogP contribution in [0.15, 0.2) is 42.7 Å². The topological polar surface area (TPSA) is 47.4 Å². The van der Waals surface area contributed by atoms with Gasteiger partial charge >= 0.3 is 0 Å². The first-order valence-corrected chi connectivity index (χ1v) is 8.71. The number of hydrogen-bond acceptors (Lipinski definition) is 3. The molecule has 2 aromatic rings. The molecular formula is C19H23N3O2. The molecule has 5 nitrogen and oxygen atoms in total. The van der Waals surface area contributed by atoms with E-state index in [2.05, 4.69) is 21.8 Å². The van der Waals surface area contributed by atoms with Gasteiger partial charge in [-0.25, -0.2) is 0 Å². The summed E-state index contributed by atoms with van der Waals surface area (Å²) in [6.45, 7) is 2.59. The Morgan fingerprint density at radius 3 is 2.92 bits per heavy atom. The largest absolute Gasteiger partial charge is 0.368 e. The number of carbonyl (C=O) groups excluding carboxylic acids is 1. The zero-order valence-corrected chi connectivity index (χ0v) is 13.8. The van der Waals surface area contributed by atoms with Gasteiger partial charge in [-0.05, 0) is 43.0 Å². The van der Waals surface area contributed by atoms with Gasteiger partial charge in [0.05, 0.1) is 31.5 Å². The van der Waals surface area contributed by atoms with E-state index in [1.807, 2.05) is 29.2 Å². The lowest BCUT2D eigenvalue weighted by atomic mass is 10.2. The van der Waals surface area contributed by atoms with Crippen molar-refractivity contribution in [3.63, 3.8) is 0 Å².